The van der Waals surface area contributed by atoms with Crippen LogP contribution in [0.25, 0.3) is 0 Å². The zero-order chi connectivity index (χ0) is 14.5. The zero-order valence-corrected chi connectivity index (χ0v) is 11.8. The smallest absolute Gasteiger partial charge is 0.337 e. The predicted octanol–water partition coefficient (Wildman–Crippen LogP) is 3.06. The molecule has 0 atom stereocenters. The van der Waals surface area contributed by atoms with Crippen molar-refractivity contribution >= 4 is 33.6 Å². The Labute approximate surface area is 122 Å². The van der Waals surface area contributed by atoms with Crippen LogP contribution in [0.5, 0.6) is 0 Å². The van der Waals surface area contributed by atoms with E-state index in [9.17, 15) is 9.59 Å². The Morgan fingerprint density at radius 3 is 2.75 bits per heavy atom. The molecule has 0 aliphatic carbocycles. The third-order valence-electron chi connectivity index (χ3n) is 2.52. The van der Waals surface area contributed by atoms with Crippen molar-refractivity contribution in [2.45, 2.75) is 6.54 Å². The average molecular weight is 339 g/mol. The molecular weight excluding hydrogens is 328 g/mol. The molecule has 3 N–H and O–H groups in total. The summed E-state index contributed by atoms with van der Waals surface area (Å²) in [4.78, 5) is 22.9. The van der Waals surface area contributed by atoms with Crippen LogP contribution in [0.4, 0.5) is 10.5 Å². The molecule has 6 nitrogen and oxygen atoms in total. The minimum Gasteiger partial charge on any atom is -0.478 e. The van der Waals surface area contributed by atoms with Gasteiger partial charge in [0.15, 0.2) is 0 Å². The summed E-state index contributed by atoms with van der Waals surface area (Å²) in [5.41, 5.74) is 1.04. The van der Waals surface area contributed by atoms with Crippen LogP contribution in [0.1, 0.15) is 15.9 Å². The highest BCUT2D eigenvalue weighted by atomic mass is 79.9. The molecule has 104 valence electrons. The van der Waals surface area contributed by atoms with Crippen molar-refractivity contribution < 1.29 is 19.1 Å². The number of carboxylic acids is 1. The number of furan rings is 1. The van der Waals surface area contributed by atoms with Gasteiger partial charge in [0.25, 0.3) is 0 Å². The summed E-state index contributed by atoms with van der Waals surface area (Å²) in [5, 5.41) is 14.2. The zero-order valence-electron chi connectivity index (χ0n) is 10.2. The number of carbonyl (C=O) groups excluding carboxylic acids is 1. The minimum absolute atomic E-state index is 0.0119. The second-order valence-electron chi connectivity index (χ2n) is 3.91. The fourth-order valence-electron chi connectivity index (χ4n) is 1.56. The Morgan fingerprint density at radius 2 is 2.10 bits per heavy atom. The van der Waals surface area contributed by atoms with Gasteiger partial charge in [-0.05, 0) is 34.1 Å². The number of hydrogen-bond donors (Lipinski definition) is 3. The number of para-hydroxylation sites is 1. The number of rotatable bonds is 4. The van der Waals surface area contributed by atoms with Crippen LogP contribution >= 0.6 is 15.9 Å². The first-order chi connectivity index (χ1) is 9.58. The van der Waals surface area contributed by atoms with E-state index in [0.29, 0.717) is 4.47 Å². The maximum atomic E-state index is 11.8. The first-order valence-electron chi connectivity index (χ1n) is 5.65. The van der Waals surface area contributed by atoms with Gasteiger partial charge in [0.05, 0.1) is 23.8 Å². The molecule has 20 heavy (non-hydrogen) atoms. The number of halogens is 1. The van der Waals surface area contributed by atoms with Crippen LogP contribution in [0.3, 0.4) is 0 Å². The topological polar surface area (TPSA) is 91.6 Å². The van der Waals surface area contributed by atoms with Crippen LogP contribution in [0.15, 0.2) is 45.7 Å². The lowest BCUT2D eigenvalue weighted by Crippen LogP contribution is -2.29. The van der Waals surface area contributed by atoms with Crippen molar-refractivity contribution in [3.8, 4) is 0 Å². The van der Waals surface area contributed by atoms with Crippen molar-refractivity contribution in [1.29, 1.82) is 0 Å². The largest absolute Gasteiger partial charge is 0.478 e. The number of aromatic carboxylic acids is 1. The molecule has 0 aliphatic heterocycles. The summed E-state index contributed by atoms with van der Waals surface area (Å²) < 4.78 is 5.37. The minimum atomic E-state index is -1.11. The quantitative estimate of drug-likeness (QED) is 0.798. The summed E-state index contributed by atoms with van der Waals surface area (Å²) >= 11 is 3.21. The predicted molar refractivity (Wildman–Crippen MR) is 75.7 cm³/mol. The Balaban J connectivity index is 2.06. The van der Waals surface area contributed by atoms with Crippen molar-refractivity contribution in [2.24, 2.45) is 0 Å². The lowest BCUT2D eigenvalue weighted by molar-refractivity contribution is 0.0698. The molecule has 0 saturated heterocycles. The van der Waals surface area contributed by atoms with Crippen LogP contribution < -0.4 is 10.6 Å². The molecule has 0 spiro atoms. The number of carbonyl (C=O) groups is 2. The average Bonchev–Trinajstić information content (AvgIpc) is 2.91. The lowest BCUT2D eigenvalue weighted by Gasteiger charge is -2.11. The summed E-state index contributed by atoms with van der Waals surface area (Å²) in [5.74, 6) is -1.11. The SMILES string of the molecule is O=C(NCc1ccoc1)Nc1c(Br)cccc1C(=O)O. The highest BCUT2D eigenvalue weighted by Gasteiger charge is 2.15. The van der Waals surface area contributed by atoms with Gasteiger partial charge in [0.1, 0.15) is 0 Å². The standard InChI is InChI=1S/C13H11BrN2O4/c14-10-3-1-2-9(12(17)18)11(10)16-13(19)15-6-8-4-5-20-7-8/h1-5,7H,6H2,(H,17,18)(H2,15,16,19). The van der Waals surface area contributed by atoms with E-state index in [1.165, 1.54) is 18.6 Å². The van der Waals surface area contributed by atoms with E-state index in [0.717, 1.165) is 5.56 Å². The molecule has 0 fully saturated rings. The van der Waals surface area contributed by atoms with Gasteiger partial charge in [-0.15, -0.1) is 0 Å². The number of nitrogens with one attached hydrogen (secondary N) is 2. The normalized spacial score (nSPS) is 10.1. The number of urea groups is 1. The van der Waals surface area contributed by atoms with Gasteiger partial charge in [-0.25, -0.2) is 9.59 Å². The van der Waals surface area contributed by atoms with E-state index in [-0.39, 0.29) is 17.8 Å². The summed E-state index contributed by atoms with van der Waals surface area (Å²) in [7, 11) is 0. The molecule has 0 bridgehead atoms. The van der Waals surface area contributed by atoms with E-state index in [1.54, 1.807) is 18.2 Å². The van der Waals surface area contributed by atoms with Gasteiger partial charge in [-0.3, -0.25) is 0 Å². The summed E-state index contributed by atoms with van der Waals surface area (Å²) in [6.07, 6.45) is 3.02. The van der Waals surface area contributed by atoms with Crippen LogP contribution in [-0.2, 0) is 6.54 Å². The molecule has 1 aromatic carbocycles. The second-order valence-corrected chi connectivity index (χ2v) is 4.76. The van der Waals surface area contributed by atoms with Crippen LogP contribution in [0.2, 0.25) is 0 Å². The van der Waals surface area contributed by atoms with E-state index >= 15 is 0 Å². The fourth-order valence-corrected chi connectivity index (χ4v) is 2.03. The monoisotopic (exact) mass is 338 g/mol. The van der Waals surface area contributed by atoms with Crippen molar-refractivity contribution in [2.75, 3.05) is 5.32 Å². The highest BCUT2D eigenvalue weighted by molar-refractivity contribution is 9.10. The van der Waals surface area contributed by atoms with Gasteiger partial charge in [-0.1, -0.05) is 6.07 Å². The van der Waals surface area contributed by atoms with E-state index in [1.807, 2.05) is 0 Å². The molecule has 0 saturated carbocycles. The Kier molecular flexibility index (Phi) is 4.41. The van der Waals surface area contributed by atoms with Gasteiger partial charge >= 0.3 is 12.0 Å². The van der Waals surface area contributed by atoms with E-state index in [4.69, 9.17) is 9.52 Å². The van der Waals surface area contributed by atoms with Crippen LogP contribution in [0, 0.1) is 0 Å². The van der Waals surface area contributed by atoms with Gasteiger partial charge in [-0.2, -0.15) is 0 Å². The second kappa shape index (κ2) is 6.25. The Bertz CT molecular complexity index is 625. The first kappa shape index (κ1) is 14.1. The molecule has 1 aromatic heterocycles. The first-order valence-corrected chi connectivity index (χ1v) is 6.45. The molecule has 2 rings (SSSR count). The number of benzene rings is 1. The number of anilines is 1. The van der Waals surface area contributed by atoms with Crippen molar-refractivity contribution in [1.82, 2.24) is 5.32 Å². The molecule has 0 unspecified atom stereocenters. The molecule has 2 amide bonds. The molecule has 0 aliphatic rings. The molecule has 7 heteroatoms. The van der Waals surface area contributed by atoms with Gasteiger partial charge in [0, 0.05) is 16.6 Å². The third-order valence-corrected chi connectivity index (χ3v) is 3.18. The van der Waals surface area contributed by atoms with E-state index < -0.39 is 12.0 Å². The Hall–Kier alpha value is -2.28. The lowest BCUT2D eigenvalue weighted by atomic mass is 10.2. The molecule has 1 heterocycles. The van der Waals surface area contributed by atoms with Gasteiger partial charge < -0.3 is 20.2 Å². The number of hydrogen-bond acceptors (Lipinski definition) is 3. The maximum Gasteiger partial charge on any atom is 0.337 e. The summed E-state index contributed by atoms with van der Waals surface area (Å²) in [6.45, 7) is 0.287. The Morgan fingerprint density at radius 1 is 1.30 bits per heavy atom. The van der Waals surface area contributed by atoms with E-state index in [2.05, 4.69) is 26.6 Å². The summed E-state index contributed by atoms with van der Waals surface area (Å²) in [6, 6.07) is 5.88. The van der Waals surface area contributed by atoms with Gasteiger partial charge in [0.2, 0.25) is 0 Å². The van der Waals surface area contributed by atoms with Crippen molar-refractivity contribution in [3.05, 3.63) is 52.4 Å². The van der Waals surface area contributed by atoms with Crippen molar-refractivity contribution in [3.63, 3.8) is 0 Å². The fraction of sp³-hybridized carbons (Fsp3) is 0.0769. The molecule has 2 aromatic rings. The number of amides is 2. The van der Waals surface area contributed by atoms with Crippen LogP contribution in [-0.4, -0.2) is 17.1 Å². The highest BCUT2D eigenvalue weighted by Crippen LogP contribution is 2.26. The maximum absolute atomic E-state index is 11.8. The molecular formula is C13H11BrN2O4. The molecule has 0 radical (unpaired) electrons. The number of carboxylic acid groups (broad SMARTS) is 1. The third kappa shape index (κ3) is 3.39.